The Morgan fingerprint density at radius 3 is 0.929 bits per heavy atom. The molecule has 150 valence electrons. The normalized spacial score (nSPS) is 11.0. The molecule has 0 unspecified atom stereocenters. The molecule has 0 saturated carbocycles. The van der Waals surface area contributed by atoms with Crippen molar-refractivity contribution in [1.29, 1.82) is 0 Å². The van der Waals surface area contributed by atoms with Crippen molar-refractivity contribution in [3.63, 3.8) is 0 Å². The summed E-state index contributed by atoms with van der Waals surface area (Å²) in [6.07, 6.45) is 0. The molecule has 3 rings (SSSR count). The molecule has 0 aromatic carbocycles. The fourth-order valence-corrected chi connectivity index (χ4v) is 5.06. The van der Waals surface area contributed by atoms with Gasteiger partial charge in [0.2, 0.25) is 0 Å². The summed E-state index contributed by atoms with van der Waals surface area (Å²) in [5.41, 5.74) is 0. The molecular weight excluding hydrogens is 970 g/mol. The maximum absolute atomic E-state index is 5.69. The van der Waals surface area contributed by atoms with Crippen molar-refractivity contribution in [1.82, 2.24) is 29.8 Å². The van der Waals surface area contributed by atoms with Gasteiger partial charge in [-0.3, -0.25) is 0 Å². The predicted octanol–water partition coefficient (Wildman–Crippen LogP) is 5.81. The van der Waals surface area contributed by atoms with Gasteiger partial charge in [-0.05, 0) is 143 Å². The first-order chi connectivity index (χ1) is 13.1. The zero-order valence-electron chi connectivity index (χ0n) is 12.4. The summed E-state index contributed by atoms with van der Waals surface area (Å²) in [5, 5.41) is 12.5. The summed E-state index contributed by atoms with van der Waals surface area (Å²) in [5.74, 6) is 0. The minimum atomic E-state index is -1.37. The van der Waals surface area contributed by atoms with Crippen molar-refractivity contribution in [3.8, 4) is 0 Å². The van der Waals surface area contributed by atoms with E-state index in [1.165, 1.54) is 0 Å². The molecule has 0 aliphatic rings. The van der Waals surface area contributed by atoms with Crippen LogP contribution in [0, 0.1) is 0 Å². The van der Waals surface area contributed by atoms with Crippen molar-refractivity contribution in [2.75, 3.05) is 0 Å². The monoisotopic (exact) mass is 961 g/mol. The van der Waals surface area contributed by atoms with Crippen molar-refractivity contribution >= 4 is 151 Å². The Morgan fingerprint density at radius 2 is 0.750 bits per heavy atom. The van der Waals surface area contributed by atoms with Gasteiger partial charge in [-0.25, -0.2) is 0 Å². The topological polar surface area (TPSA) is 81.1 Å². The summed E-state index contributed by atoms with van der Waals surface area (Å²) >= 11 is 30.0. The molecule has 0 atom stereocenters. The molecule has 3 heterocycles. The molecule has 0 amide bonds. The standard InChI is InChI=1S/C9BBr9N6O3/c11-1-4(14)20-23(7(1)17)26-10(27-24-8(18)2(12)5(15)21-24)28-25-9(19)3(13)6(16)22-25. The van der Waals surface area contributed by atoms with Crippen LogP contribution in [0.15, 0.2) is 41.0 Å². The minimum Gasteiger partial charge on any atom is -0.379 e. The first kappa shape index (κ1) is 24.1. The fourth-order valence-electron chi connectivity index (χ4n) is 1.52. The Morgan fingerprint density at radius 1 is 0.500 bits per heavy atom. The number of hydrogen-bond acceptors (Lipinski definition) is 6. The van der Waals surface area contributed by atoms with Crippen molar-refractivity contribution in [2.24, 2.45) is 0 Å². The van der Waals surface area contributed by atoms with Crippen LogP contribution in [0.4, 0.5) is 0 Å². The van der Waals surface area contributed by atoms with Gasteiger partial charge in [-0.2, -0.15) is 0 Å². The quantitative estimate of drug-likeness (QED) is 0.291. The second-order valence-corrected chi connectivity index (χ2v) is 11.3. The summed E-state index contributed by atoms with van der Waals surface area (Å²) in [6, 6.07) is 0. The van der Waals surface area contributed by atoms with E-state index < -0.39 is 7.32 Å². The van der Waals surface area contributed by atoms with Gasteiger partial charge in [0.1, 0.15) is 13.8 Å². The highest BCUT2D eigenvalue weighted by Gasteiger charge is 2.38. The van der Waals surface area contributed by atoms with Gasteiger partial charge in [-0.15, -0.1) is 29.8 Å². The van der Waals surface area contributed by atoms with Crippen LogP contribution in [0.1, 0.15) is 0 Å². The number of halogens is 9. The first-order valence-electron chi connectivity index (χ1n) is 6.40. The van der Waals surface area contributed by atoms with Crippen LogP contribution < -0.4 is 14.3 Å². The zero-order valence-corrected chi connectivity index (χ0v) is 26.7. The smallest absolute Gasteiger partial charge is 0.379 e. The largest absolute Gasteiger partial charge is 0.929 e. The number of aromatic nitrogens is 6. The van der Waals surface area contributed by atoms with E-state index in [0.717, 1.165) is 14.5 Å². The third-order valence-electron chi connectivity index (χ3n) is 2.68. The van der Waals surface area contributed by atoms with E-state index in [1.54, 1.807) is 0 Å². The Balaban J connectivity index is 1.93. The maximum Gasteiger partial charge on any atom is 0.929 e. The lowest BCUT2D eigenvalue weighted by Gasteiger charge is -2.15. The molecular formula is C9BBr9N6O3. The van der Waals surface area contributed by atoms with Crippen LogP contribution in [0.3, 0.4) is 0 Å². The van der Waals surface area contributed by atoms with Crippen LogP contribution in [-0.4, -0.2) is 37.2 Å². The van der Waals surface area contributed by atoms with E-state index in [9.17, 15) is 0 Å². The molecule has 0 saturated heterocycles. The molecule has 19 heteroatoms. The van der Waals surface area contributed by atoms with E-state index in [-0.39, 0.29) is 0 Å². The highest BCUT2D eigenvalue weighted by molar-refractivity contribution is 9.15. The highest BCUT2D eigenvalue weighted by Crippen LogP contribution is 2.32. The number of nitrogens with zero attached hydrogens (tertiary/aromatic N) is 6. The molecule has 0 spiro atoms. The summed E-state index contributed by atoms with van der Waals surface area (Å²) in [7, 11) is -1.37. The lowest BCUT2D eigenvalue weighted by atomic mass is 10.3. The van der Waals surface area contributed by atoms with E-state index in [0.29, 0.717) is 41.0 Å². The number of rotatable bonds is 6. The van der Waals surface area contributed by atoms with Gasteiger partial charge in [0.25, 0.3) is 0 Å². The summed E-state index contributed by atoms with van der Waals surface area (Å²) < 4.78 is 22.0. The van der Waals surface area contributed by atoms with Crippen LogP contribution in [0.2, 0.25) is 0 Å². The van der Waals surface area contributed by atoms with Gasteiger partial charge < -0.3 is 14.3 Å². The summed E-state index contributed by atoms with van der Waals surface area (Å²) in [4.78, 5) is 3.46. The third-order valence-corrected chi connectivity index (χ3v) is 11.9. The molecule has 0 aliphatic heterocycles. The lowest BCUT2D eigenvalue weighted by Crippen LogP contribution is -2.49. The molecule has 28 heavy (non-hydrogen) atoms. The molecule has 3 aromatic heterocycles. The van der Waals surface area contributed by atoms with Crippen LogP contribution >= 0.6 is 143 Å². The van der Waals surface area contributed by atoms with Gasteiger partial charge in [-0.1, -0.05) is 0 Å². The SMILES string of the molecule is Brc1nn(OB(On2nc(Br)c(Br)c2Br)On2nc(Br)c(Br)c2Br)c(Br)c1Br. The van der Waals surface area contributed by atoms with Gasteiger partial charge in [0.05, 0.1) is 13.4 Å². The Labute approximate surface area is 232 Å². The number of hydrogen-bond donors (Lipinski definition) is 0. The van der Waals surface area contributed by atoms with Gasteiger partial charge in [0, 0.05) is 0 Å². The Bertz CT molecular complexity index is 909. The predicted molar refractivity (Wildman–Crippen MR) is 131 cm³/mol. The average molecular weight is 970 g/mol. The van der Waals surface area contributed by atoms with E-state index in [1.807, 2.05) is 0 Å². The Kier molecular flexibility index (Phi) is 8.52. The molecule has 0 bridgehead atoms. The van der Waals surface area contributed by atoms with E-state index >= 15 is 0 Å². The molecule has 0 N–H and O–H groups in total. The zero-order chi connectivity index (χ0) is 20.7. The molecule has 9 nitrogen and oxygen atoms in total. The second-order valence-electron chi connectivity index (χ2n) is 4.41. The molecule has 0 radical (unpaired) electrons. The van der Waals surface area contributed by atoms with Crippen LogP contribution in [-0.2, 0) is 0 Å². The van der Waals surface area contributed by atoms with Crippen LogP contribution in [0.25, 0.3) is 0 Å². The fraction of sp³-hybridized carbons (Fsp3) is 0. The van der Waals surface area contributed by atoms with E-state index in [4.69, 9.17) is 14.3 Å². The van der Waals surface area contributed by atoms with Crippen LogP contribution in [0.5, 0.6) is 0 Å². The third kappa shape index (κ3) is 5.07. The first-order valence-corrected chi connectivity index (χ1v) is 13.5. The highest BCUT2D eigenvalue weighted by atomic mass is 79.9. The summed E-state index contributed by atoms with van der Waals surface area (Å²) in [6.45, 7) is 0. The second kappa shape index (κ2) is 9.91. The lowest BCUT2D eigenvalue weighted by molar-refractivity contribution is 0.0344. The molecule has 3 aromatic rings. The van der Waals surface area contributed by atoms with Crippen molar-refractivity contribution < 1.29 is 14.3 Å². The van der Waals surface area contributed by atoms with Crippen molar-refractivity contribution in [2.45, 2.75) is 0 Å². The molecule has 0 aliphatic carbocycles. The van der Waals surface area contributed by atoms with Gasteiger partial charge >= 0.3 is 7.32 Å². The minimum absolute atomic E-state index is 0.486. The average Bonchev–Trinajstić information content (AvgIpc) is 3.14. The van der Waals surface area contributed by atoms with E-state index in [2.05, 4.69) is 159 Å². The van der Waals surface area contributed by atoms with Gasteiger partial charge in [0.15, 0.2) is 13.8 Å². The van der Waals surface area contributed by atoms with Crippen molar-refractivity contribution in [3.05, 3.63) is 41.0 Å². The maximum atomic E-state index is 5.69. The molecule has 0 fully saturated rings. The Hall–Kier alpha value is 1.41.